The van der Waals surface area contributed by atoms with Crippen molar-refractivity contribution in [3.05, 3.63) is 28.8 Å². The van der Waals surface area contributed by atoms with Crippen LogP contribution in [0.3, 0.4) is 0 Å². The van der Waals surface area contributed by atoms with E-state index < -0.39 is 0 Å². The fourth-order valence-corrected chi connectivity index (χ4v) is 2.54. The molecule has 3 N–H and O–H groups in total. The molecule has 1 rings (SSSR count). The molecule has 1 aromatic carbocycles. The zero-order chi connectivity index (χ0) is 14.8. The van der Waals surface area contributed by atoms with Gasteiger partial charge >= 0.3 is 0 Å². The Morgan fingerprint density at radius 1 is 1.40 bits per heavy atom. The number of rotatable bonds is 9. The first-order chi connectivity index (χ1) is 9.63. The molecule has 0 aromatic heterocycles. The maximum atomic E-state index is 11.8. The van der Waals surface area contributed by atoms with E-state index in [9.17, 15) is 4.79 Å². The van der Waals surface area contributed by atoms with Crippen molar-refractivity contribution in [3.8, 4) is 0 Å². The van der Waals surface area contributed by atoms with E-state index in [1.54, 1.807) is 23.9 Å². The van der Waals surface area contributed by atoms with E-state index in [1.165, 1.54) is 0 Å². The molecule has 0 fully saturated rings. The Hall–Kier alpha value is -0.750. The molecule has 1 amide bonds. The standard InChI is InChI=1S/C14H21ClN2O2S/c1-11-3-4-12(15)9-13(11)17-14(19)10-16-5-8-20-7-2-6-18/h3-4,9,16,18H,2,5-8,10H2,1H3,(H,17,19). The lowest BCUT2D eigenvalue weighted by atomic mass is 10.2. The Morgan fingerprint density at radius 2 is 2.20 bits per heavy atom. The highest BCUT2D eigenvalue weighted by atomic mass is 35.5. The summed E-state index contributed by atoms with van der Waals surface area (Å²) in [5.41, 5.74) is 1.74. The maximum absolute atomic E-state index is 11.8. The number of carbonyl (C=O) groups excluding carboxylic acids is 1. The van der Waals surface area contributed by atoms with Gasteiger partial charge in [-0.3, -0.25) is 4.79 Å². The van der Waals surface area contributed by atoms with E-state index >= 15 is 0 Å². The Balaban J connectivity index is 2.19. The van der Waals surface area contributed by atoms with E-state index in [-0.39, 0.29) is 19.1 Å². The number of hydrogen-bond donors (Lipinski definition) is 3. The molecule has 1 aromatic rings. The zero-order valence-electron chi connectivity index (χ0n) is 11.6. The minimum absolute atomic E-state index is 0.0734. The van der Waals surface area contributed by atoms with E-state index in [4.69, 9.17) is 16.7 Å². The van der Waals surface area contributed by atoms with Crippen molar-refractivity contribution < 1.29 is 9.90 Å². The van der Waals surface area contributed by atoms with Crippen LogP contribution in [0.1, 0.15) is 12.0 Å². The number of aliphatic hydroxyl groups is 1. The highest BCUT2D eigenvalue weighted by Gasteiger charge is 2.04. The van der Waals surface area contributed by atoms with Crippen LogP contribution in [0, 0.1) is 6.92 Å². The third-order valence-electron chi connectivity index (χ3n) is 2.63. The molecule has 0 aliphatic heterocycles. The minimum atomic E-state index is -0.0734. The van der Waals surface area contributed by atoms with Crippen LogP contribution >= 0.6 is 23.4 Å². The zero-order valence-corrected chi connectivity index (χ0v) is 13.2. The first-order valence-electron chi connectivity index (χ1n) is 6.59. The highest BCUT2D eigenvalue weighted by molar-refractivity contribution is 7.99. The second kappa shape index (κ2) is 10.0. The lowest BCUT2D eigenvalue weighted by Gasteiger charge is -2.09. The maximum Gasteiger partial charge on any atom is 0.238 e. The molecule has 0 aliphatic rings. The van der Waals surface area contributed by atoms with Crippen molar-refractivity contribution in [2.24, 2.45) is 0 Å². The molecule has 0 aliphatic carbocycles. The average molecular weight is 317 g/mol. The summed E-state index contributed by atoms with van der Waals surface area (Å²) in [6, 6.07) is 5.43. The molecule has 6 heteroatoms. The molecule has 0 bridgehead atoms. The molecule has 4 nitrogen and oxygen atoms in total. The van der Waals surface area contributed by atoms with Gasteiger partial charge in [-0.05, 0) is 36.8 Å². The summed E-state index contributed by atoms with van der Waals surface area (Å²) in [7, 11) is 0. The van der Waals surface area contributed by atoms with E-state index in [0.717, 1.165) is 35.7 Å². The van der Waals surface area contributed by atoms with Crippen LogP contribution < -0.4 is 10.6 Å². The number of benzene rings is 1. The van der Waals surface area contributed by atoms with Gasteiger partial charge in [0.15, 0.2) is 0 Å². The van der Waals surface area contributed by atoms with Crippen LogP contribution in [0.15, 0.2) is 18.2 Å². The summed E-state index contributed by atoms with van der Waals surface area (Å²) in [5, 5.41) is 15.2. The largest absolute Gasteiger partial charge is 0.396 e. The van der Waals surface area contributed by atoms with Gasteiger partial charge in [-0.1, -0.05) is 17.7 Å². The average Bonchev–Trinajstić information content (AvgIpc) is 2.42. The summed E-state index contributed by atoms with van der Waals surface area (Å²) in [6.07, 6.45) is 0.819. The molecule has 0 saturated carbocycles. The van der Waals surface area contributed by atoms with Crippen LogP contribution in [0.4, 0.5) is 5.69 Å². The van der Waals surface area contributed by atoms with Gasteiger partial charge in [-0.25, -0.2) is 0 Å². The van der Waals surface area contributed by atoms with Crippen molar-refractivity contribution in [3.63, 3.8) is 0 Å². The van der Waals surface area contributed by atoms with Crippen molar-refractivity contribution in [1.82, 2.24) is 5.32 Å². The van der Waals surface area contributed by atoms with Gasteiger partial charge in [0.2, 0.25) is 5.91 Å². The molecule has 0 radical (unpaired) electrons. The third kappa shape index (κ3) is 7.14. The number of aryl methyl sites for hydroxylation is 1. The summed E-state index contributed by atoms with van der Waals surface area (Å²) in [4.78, 5) is 11.8. The Bertz CT molecular complexity index is 430. The first-order valence-corrected chi connectivity index (χ1v) is 8.12. The number of halogens is 1. The molecular weight excluding hydrogens is 296 g/mol. The van der Waals surface area contributed by atoms with Crippen molar-refractivity contribution in [2.45, 2.75) is 13.3 Å². The van der Waals surface area contributed by atoms with Crippen LogP contribution in [0.5, 0.6) is 0 Å². The van der Waals surface area contributed by atoms with Gasteiger partial charge in [0.1, 0.15) is 0 Å². The van der Waals surface area contributed by atoms with E-state index in [2.05, 4.69) is 10.6 Å². The number of nitrogens with one attached hydrogen (secondary N) is 2. The molecule has 112 valence electrons. The SMILES string of the molecule is Cc1ccc(Cl)cc1NC(=O)CNCCSCCCO. The van der Waals surface area contributed by atoms with Crippen LogP contribution in [-0.4, -0.2) is 42.2 Å². The summed E-state index contributed by atoms with van der Waals surface area (Å²) < 4.78 is 0. The van der Waals surface area contributed by atoms with Crippen LogP contribution in [0.25, 0.3) is 0 Å². The highest BCUT2D eigenvalue weighted by Crippen LogP contribution is 2.19. The third-order valence-corrected chi connectivity index (χ3v) is 3.93. The van der Waals surface area contributed by atoms with Gasteiger partial charge in [0.25, 0.3) is 0 Å². The monoisotopic (exact) mass is 316 g/mol. The second-order valence-corrected chi connectivity index (χ2v) is 6.03. The van der Waals surface area contributed by atoms with E-state index in [1.807, 2.05) is 13.0 Å². The topological polar surface area (TPSA) is 61.4 Å². The normalized spacial score (nSPS) is 10.6. The molecule has 20 heavy (non-hydrogen) atoms. The van der Waals surface area contributed by atoms with Gasteiger partial charge in [0, 0.05) is 29.6 Å². The molecule has 0 spiro atoms. The Morgan fingerprint density at radius 3 is 2.95 bits per heavy atom. The summed E-state index contributed by atoms with van der Waals surface area (Å²) in [5.74, 6) is 1.81. The molecule has 0 unspecified atom stereocenters. The summed E-state index contributed by atoms with van der Waals surface area (Å²) in [6.45, 7) is 3.23. The molecule has 0 saturated heterocycles. The summed E-state index contributed by atoms with van der Waals surface area (Å²) >= 11 is 7.67. The van der Waals surface area contributed by atoms with Crippen LogP contribution in [-0.2, 0) is 4.79 Å². The fourth-order valence-electron chi connectivity index (χ4n) is 1.54. The molecule has 0 atom stereocenters. The van der Waals surface area contributed by atoms with Crippen molar-refractivity contribution >= 4 is 35.0 Å². The van der Waals surface area contributed by atoms with Crippen LogP contribution in [0.2, 0.25) is 5.02 Å². The van der Waals surface area contributed by atoms with Crippen molar-refractivity contribution in [2.75, 3.05) is 36.5 Å². The number of amides is 1. The van der Waals surface area contributed by atoms with E-state index in [0.29, 0.717) is 5.02 Å². The predicted molar refractivity (Wildman–Crippen MR) is 86.7 cm³/mol. The predicted octanol–water partition coefficient (Wildman–Crippen LogP) is 2.29. The van der Waals surface area contributed by atoms with Gasteiger partial charge in [-0.15, -0.1) is 0 Å². The van der Waals surface area contributed by atoms with Gasteiger partial charge in [-0.2, -0.15) is 11.8 Å². The van der Waals surface area contributed by atoms with Gasteiger partial charge < -0.3 is 15.7 Å². The lowest BCUT2D eigenvalue weighted by molar-refractivity contribution is -0.115. The number of aliphatic hydroxyl groups excluding tert-OH is 1. The Labute approximate surface area is 129 Å². The molecular formula is C14H21ClN2O2S. The number of anilines is 1. The lowest BCUT2D eigenvalue weighted by Crippen LogP contribution is -2.29. The quantitative estimate of drug-likeness (QED) is 0.612. The van der Waals surface area contributed by atoms with Crippen molar-refractivity contribution in [1.29, 1.82) is 0 Å². The number of thioether (sulfide) groups is 1. The fraction of sp³-hybridized carbons (Fsp3) is 0.500. The first kappa shape index (κ1) is 17.3. The second-order valence-electron chi connectivity index (χ2n) is 4.37. The molecule has 0 heterocycles. The number of hydrogen-bond acceptors (Lipinski definition) is 4. The number of carbonyl (C=O) groups is 1. The minimum Gasteiger partial charge on any atom is -0.396 e. The Kier molecular flexibility index (Phi) is 8.69. The van der Waals surface area contributed by atoms with Gasteiger partial charge in [0.05, 0.1) is 6.54 Å². The smallest absolute Gasteiger partial charge is 0.238 e.